The van der Waals surface area contributed by atoms with Gasteiger partial charge in [-0.3, -0.25) is 9.79 Å². The number of hydrogen-bond donors (Lipinski definition) is 2. The quantitative estimate of drug-likeness (QED) is 0.358. The zero-order valence-electron chi connectivity index (χ0n) is 19.4. The molecule has 0 spiro atoms. The Morgan fingerprint density at radius 3 is 2.74 bits per heavy atom. The Balaban J connectivity index is 1.30. The van der Waals surface area contributed by atoms with E-state index in [0.29, 0.717) is 18.6 Å². The van der Waals surface area contributed by atoms with Crippen LogP contribution >= 0.6 is 0 Å². The summed E-state index contributed by atoms with van der Waals surface area (Å²) in [7, 11) is 1.81. The Bertz CT molecular complexity index is 728. The first-order valence-electron chi connectivity index (χ1n) is 11.8. The fourth-order valence-electron chi connectivity index (χ4n) is 4.29. The molecule has 31 heavy (non-hydrogen) atoms. The van der Waals surface area contributed by atoms with Crippen LogP contribution in [-0.4, -0.2) is 75.3 Å². The molecule has 0 aliphatic carbocycles. The number of fused-ring (bicyclic) bond motifs is 1. The zero-order valence-corrected chi connectivity index (χ0v) is 19.4. The number of carbonyl (C=O) groups is 1. The molecule has 0 radical (unpaired) electrons. The SMILES string of the molecule is CN=C(NCCCC(=O)N1CCc2ccccc21)NC1CCN(CCOC(C)C)CC1. The summed E-state index contributed by atoms with van der Waals surface area (Å²) < 4.78 is 5.66. The van der Waals surface area contributed by atoms with Crippen LogP contribution in [0.3, 0.4) is 0 Å². The van der Waals surface area contributed by atoms with E-state index in [1.165, 1.54) is 5.56 Å². The molecule has 0 unspecified atom stereocenters. The summed E-state index contributed by atoms with van der Waals surface area (Å²) in [5.74, 6) is 1.05. The number of amides is 1. The van der Waals surface area contributed by atoms with Crippen molar-refractivity contribution in [2.24, 2.45) is 4.99 Å². The first kappa shape index (κ1) is 23.5. The summed E-state index contributed by atoms with van der Waals surface area (Å²) in [5.41, 5.74) is 2.36. The van der Waals surface area contributed by atoms with Gasteiger partial charge in [-0.05, 0) is 51.2 Å². The number of benzene rings is 1. The highest BCUT2D eigenvalue weighted by Crippen LogP contribution is 2.27. The van der Waals surface area contributed by atoms with E-state index < -0.39 is 0 Å². The number of nitrogens with one attached hydrogen (secondary N) is 2. The second-order valence-electron chi connectivity index (χ2n) is 8.71. The summed E-state index contributed by atoms with van der Waals surface area (Å²) in [6, 6.07) is 8.65. The van der Waals surface area contributed by atoms with Gasteiger partial charge in [0.25, 0.3) is 0 Å². The molecule has 2 aliphatic heterocycles. The minimum absolute atomic E-state index is 0.212. The molecule has 2 N–H and O–H groups in total. The lowest BCUT2D eigenvalue weighted by Crippen LogP contribution is -2.49. The number of aliphatic imine (C=N–C) groups is 1. The highest BCUT2D eigenvalue weighted by Gasteiger charge is 2.23. The lowest BCUT2D eigenvalue weighted by Gasteiger charge is -2.33. The maximum Gasteiger partial charge on any atom is 0.227 e. The first-order chi connectivity index (χ1) is 15.1. The minimum Gasteiger partial charge on any atom is -0.377 e. The molecule has 2 heterocycles. The molecule has 1 saturated heterocycles. The van der Waals surface area contributed by atoms with Gasteiger partial charge in [0, 0.05) is 57.9 Å². The van der Waals surface area contributed by atoms with Crippen molar-refractivity contribution in [2.45, 2.75) is 58.1 Å². The van der Waals surface area contributed by atoms with Crippen LogP contribution in [-0.2, 0) is 16.0 Å². The van der Waals surface area contributed by atoms with Gasteiger partial charge in [0.1, 0.15) is 0 Å². The first-order valence-corrected chi connectivity index (χ1v) is 11.8. The third kappa shape index (κ3) is 7.21. The number of likely N-dealkylation sites (tertiary alicyclic amines) is 1. The molecule has 0 bridgehead atoms. The van der Waals surface area contributed by atoms with Crippen molar-refractivity contribution in [2.75, 3.05) is 51.3 Å². The van der Waals surface area contributed by atoms with Gasteiger partial charge in [-0.25, -0.2) is 0 Å². The number of guanidine groups is 1. The third-order valence-corrected chi connectivity index (χ3v) is 6.06. The number of para-hydroxylation sites is 1. The van der Waals surface area contributed by atoms with Crippen molar-refractivity contribution in [1.29, 1.82) is 0 Å². The van der Waals surface area contributed by atoms with E-state index in [1.54, 1.807) is 7.05 Å². The number of piperidine rings is 1. The Morgan fingerprint density at radius 1 is 1.23 bits per heavy atom. The standard InChI is InChI=1S/C24H39N5O2/c1-19(2)31-18-17-28-14-11-21(12-15-28)27-24(25-3)26-13-6-9-23(30)29-16-10-20-7-4-5-8-22(20)29/h4-5,7-8,19,21H,6,9-18H2,1-3H3,(H2,25,26,27). The average Bonchev–Trinajstić information content (AvgIpc) is 3.21. The minimum atomic E-state index is 0.212. The van der Waals surface area contributed by atoms with Crippen molar-refractivity contribution in [1.82, 2.24) is 15.5 Å². The van der Waals surface area contributed by atoms with E-state index in [1.807, 2.05) is 23.1 Å². The molecule has 1 aromatic carbocycles. The summed E-state index contributed by atoms with van der Waals surface area (Å²) in [6.07, 6.45) is 4.82. The molecule has 0 atom stereocenters. The molecule has 7 nitrogen and oxygen atoms in total. The molecule has 2 aliphatic rings. The molecule has 0 saturated carbocycles. The van der Waals surface area contributed by atoms with Crippen LogP contribution < -0.4 is 15.5 Å². The highest BCUT2D eigenvalue weighted by molar-refractivity contribution is 5.95. The van der Waals surface area contributed by atoms with Gasteiger partial charge in [-0.1, -0.05) is 18.2 Å². The van der Waals surface area contributed by atoms with Crippen molar-refractivity contribution >= 4 is 17.6 Å². The normalized spacial score (nSPS) is 17.8. The second kappa shape index (κ2) is 12.1. The summed E-state index contributed by atoms with van der Waals surface area (Å²) in [5, 5.41) is 6.92. The lowest BCUT2D eigenvalue weighted by atomic mass is 10.1. The Hall–Kier alpha value is -2.12. The predicted octanol–water partition coefficient (Wildman–Crippen LogP) is 2.41. The van der Waals surface area contributed by atoms with Crippen LogP contribution in [0.25, 0.3) is 0 Å². The Morgan fingerprint density at radius 2 is 2.00 bits per heavy atom. The van der Waals surface area contributed by atoms with Gasteiger partial charge in [0.05, 0.1) is 12.7 Å². The predicted molar refractivity (Wildman–Crippen MR) is 127 cm³/mol. The van der Waals surface area contributed by atoms with E-state index in [-0.39, 0.29) is 5.91 Å². The van der Waals surface area contributed by atoms with Crippen molar-refractivity contribution < 1.29 is 9.53 Å². The Labute approximate surface area is 187 Å². The monoisotopic (exact) mass is 429 g/mol. The molecule has 0 aromatic heterocycles. The molecule has 1 aromatic rings. The summed E-state index contributed by atoms with van der Waals surface area (Å²) in [6.45, 7) is 9.69. The molecule has 172 valence electrons. The van der Waals surface area contributed by atoms with Gasteiger partial charge in [-0.15, -0.1) is 0 Å². The van der Waals surface area contributed by atoms with E-state index >= 15 is 0 Å². The Kier molecular flexibility index (Phi) is 9.15. The van der Waals surface area contributed by atoms with Crippen LogP contribution in [0.5, 0.6) is 0 Å². The maximum atomic E-state index is 12.6. The molecule has 7 heteroatoms. The average molecular weight is 430 g/mol. The number of hydrogen-bond acceptors (Lipinski definition) is 4. The van der Waals surface area contributed by atoms with Crippen LogP contribution in [0.15, 0.2) is 29.3 Å². The van der Waals surface area contributed by atoms with E-state index in [4.69, 9.17) is 4.74 Å². The zero-order chi connectivity index (χ0) is 22.1. The van der Waals surface area contributed by atoms with Crippen molar-refractivity contribution in [3.05, 3.63) is 29.8 Å². The van der Waals surface area contributed by atoms with E-state index in [9.17, 15) is 4.79 Å². The molecule has 1 fully saturated rings. The highest BCUT2D eigenvalue weighted by atomic mass is 16.5. The van der Waals surface area contributed by atoms with Gasteiger partial charge < -0.3 is 25.2 Å². The van der Waals surface area contributed by atoms with Crippen LogP contribution in [0, 0.1) is 0 Å². The van der Waals surface area contributed by atoms with Crippen LogP contribution in [0.1, 0.15) is 45.1 Å². The number of ether oxygens (including phenoxy) is 1. The number of nitrogens with zero attached hydrogens (tertiary/aromatic N) is 3. The smallest absolute Gasteiger partial charge is 0.227 e. The maximum absolute atomic E-state index is 12.6. The third-order valence-electron chi connectivity index (χ3n) is 6.06. The fraction of sp³-hybridized carbons (Fsp3) is 0.667. The lowest BCUT2D eigenvalue weighted by molar-refractivity contribution is -0.118. The van der Waals surface area contributed by atoms with Crippen LogP contribution in [0.4, 0.5) is 5.69 Å². The molecular weight excluding hydrogens is 390 g/mol. The second-order valence-corrected chi connectivity index (χ2v) is 8.71. The molecule has 1 amide bonds. The topological polar surface area (TPSA) is 69.2 Å². The number of rotatable bonds is 9. The van der Waals surface area contributed by atoms with Gasteiger partial charge in [-0.2, -0.15) is 0 Å². The van der Waals surface area contributed by atoms with Crippen LogP contribution in [0.2, 0.25) is 0 Å². The number of carbonyl (C=O) groups excluding carboxylic acids is 1. The molecular formula is C24H39N5O2. The van der Waals surface area contributed by atoms with Crippen molar-refractivity contribution in [3.63, 3.8) is 0 Å². The van der Waals surface area contributed by atoms with E-state index in [2.05, 4.69) is 40.4 Å². The van der Waals surface area contributed by atoms with E-state index in [0.717, 1.165) is 76.7 Å². The van der Waals surface area contributed by atoms with Gasteiger partial charge in [0.15, 0.2) is 5.96 Å². The van der Waals surface area contributed by atoms with Gasteiger partial charge in [0.2, 0.25) is 5.91 Å². The number of anilines is 1. The summed E-state index contributed by atoms with van der Waals surface area (Å²) in [4.78, 5) is 21.4. The van der Waals surface area contributed by atoms with Gasteiger partial charge >= 0.3 is 0 Å². The van der Waals surface area contributed by atoms with Crippen molar-refractivity contribution in [3.8, 4) is 0 Å². The molecule has 3 rings (SSSR count). The fourth-order valence-corrected chi connectivity index (χ4v) is 4.29. The summed E-state index contributed by atoms with van der Waals surface area (Å²) >= 11 is 0. The largest absolute Gasteiger partial charge is 0.377 e.